The van der Waals surface area contributed by atoms with Gasteiger partial charge in [0.05, 0.1) is 12.1 Å². The number of halogens is 4. The van der Waals surface area contributed by atoms with Gasteiger partial charge in [-0.05, 0) is 30.2 Å². The van der Waals surface area contributed by atoms with Gasteiger partial charge in [0.15, 0.2) is 11.7 Å². The SMILES string of the molecule is C[C@@H](NC(=O)c1cc2n(n1)[C@H](C(F)(F)F)C[C@H](c1ccc(Br)cc1)N2)c1ccccc1. The predicted octanol–water partition coefficient (Wildman–Crippen LogP) is 5.80. The molecule has 0 fully saturated rings. The third-order valence-corrected chi connectivity index (χ3v) is 5.87. The van der Waals surface area contributed by atoms with Crippen molar-refractivity contribution in [3.63, 3.8) is 0 Å². The number of nitrogens with one attached hydrogen (secondary N) is 2. The van der Waals surface area contributed by atoms with Crippen molar-refractivity contribution < 1.29 is 18.0 Å². The summed E-state index contributed by atoms with van der Waals surface area (Å²) in [6.07, 6.45) is -4.72. The van der Waals surface area contributed by atoms with Gasteiger partial charge in [-0.1, -0.05) is 58.4 Å². The molecule has 1 aromatic heterocycles. The number of aromatic nitrogens is 2. The summed E-state index contributed by atoms with van der Waals surface area (Å²) in [5.74, 6) is -0.361. The molecule has 0 saturated heterocycles. The lowest BCUT2D eigenvalue weighted by molar-refractivity contribution is -0.173. The van der Waals surface area contributed by atoms with Crippen LogP contribution in [0.1, 0.15) is 53.1 Å². The smallest absolute Gasteiger partial charge is 0.363 e. The van der Waals surface area contributed by atoms with E-state index in [4.69, 9.17) is 0 Å². The van der Waals surface area contributed by atoms with E-state index in [1.807, 2.05) is 37.3 Å². The fourth-order valence-electron chi connectivity index (χ4n) is 3.69. The van der Waals surface area contributed by atoms with Crippen LogP contribution in [0.25, 0.3) is 0 Å². The number of carbonyl (C=O) groups excluding carboxylic acids is 1. The lowest BCUT2D eigenvalue weighted by Crippen LogP contribution is -2.35. The van der Waals surface area contributed by atoms with Crippen LogP contribution in [-0.2, 0) is 0 Å². The van der Waals surface area contributed by atoms with Crippen molar-refractivity contribution in [3.8, 4) is 0 Å². The molecule has 3 aromatic rings. The maximum atomic E-state index is 13.8. The number of amides is 1. The van der Waals surface area contributed by atoms with Crippen molar-refractivity contribution in [2.24, 2.45) is 0 Å². The van der Waals surface area contributed by atoms with Gasteiger partial charge in [-0.15, -0.1) is 0 Å². The topological polar surface area (TPSA) is 59.0 Å². The van der Waals surface area contributed by atoms with Gasteiger partial charge in [0.1, 0.15) is 5.82 Å². The second-order valence-corrected chi connectivity index (χ2v) is 8.42. The highest BCUT2D eigenvalue weighted by Gasteiger charge is 2.46. The monoisotopic (exact) mass is 492 g/mol. The van der Waals surface area contributed by atoms with E-state index in [1.165, 1.54) is 6.07 Å². The Labute approximate surface area is 185 Å². The second-order valence-electron chi connectivity index (χ2n) is 7.51. The molecule has 0 radical (unpaired) electrons. The van der Waals surface area contributed by atoms with Crippen LogP contribution in [0.5, 0.6) is 0 Å². The molecule has 1 aliphatic rings. The van der Waals surface area contributed by atoms with Crippen LogP contribution in [0.15, 0.2) is 65.1 Å². The Morgan fingerprint density at radius 3 is 2.52 bits per heavy atom. The average Bonchev–Trinajstić information content (AvgIpc) is 3.17. The number of carbonyl (C=O) groups is 1. The number of anilines is 1. The Hall–Kier alpha value is -2.81. The van der Waals surface area contributed by atoms with Crippen molar-refractivity contribution >= 4 is 27.7 Å². The Morgan fingerprint density at radius 1 is 1.19 bits per heavy atom. The summed E-state index contributed by atoms with van der Waals surface area (Å²) in [5, 5.41) is 9.90. The quantitative estimate of drug-likeness (QED) is 0.484. The van der Waals surface area contributed by atoms with Gasteiger partial charge in [0.25, 0.3) is 5.91 Å². The van der Waals surface area contributed by atoms with Gasteiger partial charge in [0, 0.05) is 17.0 Å². The maximum Gasteiger partial charge on any atom is 0.410 e. The van der Waals surface area contributed by atoms with Gasteiger partial charge in [0.2, 0.25) is 0 Å². The normalized spacial score (nSPS) is 19.3. The fraction of sp³-hybridized carbons (Fsp3) is 0.273. The molecule has 0 aliphatic carbocycles. The average molecular weight is 493 g/mol. The zero-order valence-corrected chi connectivity index (χ0v) is 18.1. The van der Waals surface area contributed by atoms with Crippen molar-refractivity contribution in [3.05, 3.63) is 82.0 Å². The van der Waals surface area contributed by atoms with E-state index in [9.17, 15) is 18.0 Å². The standard InChI is InChI=1S/C22H20BrF3N4O/c1-13(14-5-3-2-4-6-14)27-21(31)18-12-20-28-17(15-7-9-16(23)10-8-15)11-19(22(24,25)26)30(20)29-18/h2-10,12-13,17,19,28H,11H2,1H3,(H,27,31)/t13-,17-,19+/m1/s1. The first kappa shape index (κ1) is 21.4. The highest BCUT2D eigenvalue weighted by atomic mass is 79.9. The minimum absolute atomic E-state index is 0.0593. The van der Waals surface area contributed by atoms with Crippen LogP contribution < -0.4 is 10.6 Å². The van der Waals surface area contributed by atoms with Crippen LogP contribution in [-0.4, -0.2) is 21.9 Å². The highest BCUT2D eigenvalue weighted by Crippen LogP contribution is 2.43. The first-order valence-electron chi connectivity index (χ1n) is 9.76. The lowest BCUT2D eigenvalue weighted by Gasteiger charge is -2.33. The molecule has 0 unspecified atom stereocenters. The largest absolute Gasteiger partial charge is 0.410 e. The van der Waals surface area contributed by atoms with Crippen LogP contribution in [0.2, 0.25) is 0 Å². The Bertz CT molecular complexity index is 1070. The van der Waals surface area contributed by atoms with E-state index in [1.54, 1.807) is 24.3 Å². The van der Waals surface area contributed by atoms with E-state index in [0.29, 0.717) is 0 Å². The van der Waals surface area contributed by atoms with Crippen molar-refractivity contribution in [2.45, 2.75) is 37.6 Å². The molecule has 1 aliphatic heterocycles. The summed E-state index contributed by atoms with van der Waals surface area (Å²) in [7, 11) is 0. The number of hydrogen-bond donors (Lipinski definition) is 2. The molecule has 3 atom stereocenters. The summed E-state index contributed by atoms with van der Waals surface area (Å²) in [5.41, 5.74) is 1.56. The Kier molecular flexibility index (Phi) is 5.79. The van der Waals surface area contributed by atoms with E-state index >= 15 is 0 Å². The number of alkyl halides is 3. The number of hydrogen-bond acceptors (Lipinski definition) is 3. The van der Waals surface area contributed by atoms with Crippen molar-refractivity contribution in [1.29, 1.82) is 0 Å². The van der Waals surface area contributed by atoms with Crippen molar-refractivity contribution in [1.82, 2.24) is 15.1 Å². The summed E-state index contributed by atoms with van der Waals surface area (Å²) in [6, 6.07) is 15.1. The molecule has 0 spiro atoms. The van der Waals surface area contributed by atoms with E-state index in [-0.39, 0.29) is 24.0 Å². The second kappa shape index (κ2) is 8.37. The molecular formula is C22H20BrF3N4O. The van der Waals surface area contributed by atoms with E-state index in [2.05, 4.69) is 31.7 Å². The maximum absolute atomic E-state index is 13.8. The van der Waals surface area contributed by atoms with Crippen LogP contribution in [0.4, 0.5) is 19.0 Å². The minimum atomic E-state index is -4.50. The fourth-order valence-corrected chi connectivity index (χ4v) is 3.96. The van der Waals surface area contributed by atoms with Crippen LogP contribution in [0.3, 0.4) is 0 Å². The van der Waals surface area contributed by atoms with Gasteiger partial charge >= 0.3 is 6.18 Å². The zero-order chi connectivity index (χ0) is 22.2. The number of nitrogens with zero attached hydrogens (tertiary/aromatic N) is 2. The zero-order valence-electron chi connectivity index (χ0n) is 16.5. The summed E-state index contributed by atoms with van der Waals surface area (Å²) in [4.78, 5) is 12.7. The Balaban J connectivity index is 1.60. The van der Waals surface area contributed by atoms with Crippen LogP contribution >= 0.6 is 15.9 Å². The third kappa shape index (κ3) is 4.61. The molecule has 2 N–H and O–H groups in total. The number of rotatable bonds is 4. The first-order valence-corrected chi connectivity index (χ1v) is 10.6. The molecule has 0 saturated carbocycles. The van der Waals surface area contributed by atoms with Gasteiger partial charge in [-0.2, -0.15) is 18.3 Å². The molecule has 1 amide bonds. The molecule has 31 heavy (non-hydrogen) atoms. The molecule has 2 heterocycles. The number of benzene rings is 2. The molecule has 2 aromatic carbocycles. The van der Waals surface area contributed by atoms with Gasteiger partial charge in [-0.3, -0.25) is 4.79 Å². The molecule has 9 heteroatoms. The number of fused-ring (bicyclic) bond motifs is 1. The molecule has 5 nitrogen and oxygen atoms in total. The van der Waals surface area contributed by atoms with Crippen LogP contribution in [0, 0.1) is 0 Å². The van der Waals surface area contributed by atoms with Gasteiger partial charge < -0.3 is 10.6 Å². The molecular weight excluding hydrogens is 473 g/mol. The molecule has 0 bridgehead atoms. The first-order chi connectivity index (χ1) is 14.7. The van der Waals surface area contributed by atoms with Gasteiger partial charge in [-0.25, -0.2) is 4.68 Å². The highest BCUT2D eigenvalue weighted by molar-refractivity contribution is 9.10. The molecule has 162 valence electrons. The third-order valence-electron chi connectivity index (χ3n) is 5.34. The summed E-state index contributed by atoms with van der Waals surface area (Å²) in [6.45, 7) is 1.81. The summed E-state index contributed by atoms with van der Waals surface area (Å²) < 4.78 is 43.2. The predicted molar refractivity (Wildman–Crippen MR) is 115 cm³/mol. The lowest BCUT2D eigenvalue weighted by atomic mass is 9.97. The molecule has 4 rings (SSSR count). The van der Waals surface area contributed by atoms with Crippen molar-refractivity contribution in [2.75, 3.05) is 5.32 Å². The summed E-state index contributed by atoms with van der Waals surface area (Å²) >= 11 is 3.34. The van der Waals surface area contributed by atoms with E-state index < -0.39 is 24.2 Å². The van der Waals surface area contributed by atoms with E-state index in [0.717, 1.165) is 20.3 Å². The minimum Gasteiger partial charge on any atom is -0.363 e. The Morgan fingerprint density at radius 2 is 1.87 bits per heavy atom.